The standard InChI is InChI=1S/C13H18N2O2/c1-13(2,9-16)15-8-12(17)11-5-3-10(7-14)4-6-11/h3-6,12,15-17H,8-9H2,1-2H3. The van der Waals surface area contributed by atoms with Gasteiger partial charge >= 0.3 is 0 Å². The van der Waals surface area contributed by atoms with Crippen molar-refractivity contribution in [1.82, 2.24) is 5.32 Å². The number of hydrogen-bond donors (Lipinski definition) is 3. The summed E-state index contributed by atoms with van der Waals surface area (Å²) < 4.78 is 0. The minimum atomic E-state index is -0.645. The summed E-state index contributed by atoms with van der Waals surface area (Å²) >= 11 is 0. The second kappa shape index (κ2) is 5.78. The monoisotopic (exact) mass is 234 g/mol. The van der Waals surface area contributed by atoms with E-state index in [-0.39, 0.29) is 6.61 Å². The highest BCUT2D eigenvalue weighted by Crippen LogP contribution is 2.14. The SMILES string of the molecule is CC(C)(CO)NCC(O)c1ccc(C#N)cc1. The van der Waals surface area contributed by atoms with Gasteiger partial charge < -0.3 is 15.5 Å². The fourth-order valence-corrected chi connectivity index (χ4v) is 1.33. The van der Waals surface area contributed by atoms with Gasteiger partial charge in [0.2, 0.25) is 0 Å². The predicted octanol–water partition coefficient (Wildman–Crippen LogP) is 0.952. The fraction of sp³-hybridized carbons (Fsp3) is 0.462. The first kappa shape index (κ1) is 13.7. The van der Waals surface area contributed by atoms with E-state index in [4.69, 9.17) is 10.4 Å². The van der Waals surface area contributed by atoms with E-state index in [0.717, 1.165) is 5.56 Å². The Balaban J connectivity index is 2.58. The highest BCUT2D eigenvalue weighted by Gasteiger charge is 2.17. The van der Waals surface area contributed by atoms with E-state index in [1.54, 1.807) is 24.3 Å². The number of β-amino-alcohol motifs (C(OH)–C–C–N with tert-alkyl or cyclic N) is 1. The van der Waals surface area contributed by atoms with Crippen molar-refractivity contribution >= 4 is 0 Å². The lowest BCUT2D eigenvalue weighted by Crippen LogP contribution is -2.44. The van der Waals surface area contributed by atoms with Gasteiger partial charge in [0.25, 0.3) is 0 Å². The Hall–Kier alpha value is -1.41. The molecule has 4 nitrogen and oxygen atoms in total. The third-order valence-electron chi connectivity index (χ3n) is 2.59. The van der Waals surface area contributed by atoms with E-state index in [9.17, 15) is 5.11 Å². The van der Waals surface area contributed by atoms with Crippen molar-refractivity contribution in [2.75, 3.05) is 13.2 Å². The first-order valence-electron chi connectivity index (χ1n) is 5.52. The second-order valence-corrected chi connectivity index (χ2v) is 4.67. The van der Waals surface area contributed by atoms with E-state index in [0.29, 0.717) is 12.1 Å². The van der Waals surface area contributed by atoms with Gasteiger partial charge in [-0.3, -0.25) is 0 Å². The van der Waals surface area contributed by atoms with Crippen molar-refractivity contribution < 1.29 is 10.2 Å². The second-order valence-electron chi connectivity index (χ2n) is 4.67. The zero-order valence-corrected chi connectivity index (χ0v) is 10.1. The van der Waals surface area contributed by atoms with Gasteiger partial charge in [-0.15, -0.1) is 0 Å². The smallest absolute Gasteiger partial charge is 0.0991 e. The molecule has 0 radical (unpaired) electrons. The number of nitrogens with zero attached hydrogens (tertiary/aromatic N) is 1. The summed E-state index contributed by atoms with van der Waals surface area (Å²) in [6, 6.07) is 8.85. The molecule has 0 aliphatic rings. The van der Waals surface area contributed by atoms with Gasteiger partial charge in [0.1, 0.15) is 0 Å². The van der Waals surface area contributed by atoms with Crippen LogP contribution < -0.4 is 5.32 Å². The minimum Gasteiger partial charge on any atom is -0.394 e. The van der Waals surface area contributed by atoms with Gasteiger partial charge in [-0.2, -0.15) is 5.26 Å². The zero-order valence-electron chi connectivity index (χ0n) is 10.1. The van der Waals surface area contributed by atoms with Crippen molar-refractivity contribution in [2.24, 2.45) is 0 Å². The summed E-state index contributed by atoms with van der Waals surface area (Å²) in [6.45, 7) is 4.09. The third-order valence-corrected chi connectivity index (χ3v) is 2.59. The molecule has 0 bridgehead atoms. The average molecular weight is 234 g/mol. The minimum absolute atomic E-state index is 0.00703. The largest absolute Gasteiger partial charge is 0.394 e. The van der Waals surface area contributed by atoms with E-state index in [2.05, 4.69) is 5.32 Å². The van der Waals surface area contributed by atoms with Gasteiger partial charge in [-0.05, 0) is 31.5 Å². The molecule has 0 fully saturated rings. The molecule has 0 spiro atoms. The van der Waals surface area contributed by atoms with Crippen LogP contribution in [0.25, 0.3) is 0 Å². The van der Waals surface area contributed by atoms with Gasteiger partial charge in [0.05, 0.1) is 24.3 Å². The molecule has 17 heavy (non-hydrogen) atoms. The van der Waals surface area contributed by atoms with Crippen LogP contribution in [0.3, 0.4) is 0 Å². The van der Waals surface area contributed by atoms with E-state index < -0.39 is 11.6 Å². The van der Waals surface area contributed by atoms with Crippen LogP contribution in [0.4, 0.5) is 0 Å². The Morgan fingerprint density at radius 3 is 2.41 bits per heavy atom. The Morgan fingerprint density at radius 1 is 1.35 bits per heavy atom. The Bertz CT molecular complexity index is 393. The van der Waals surface area contributed by atoms with Gasteiger partial charge in [0, 0.05) is 12.1 Å². The molecule has 0 heterocycles. The number of benzene rings is 1. The molecule has 0 saturated carbocycles. The van der Waals surface area contributed by atoms with Crippen molar-refractivity contribution in [3.63, 3.8) is 0 Å². The zero-order chi connectivity index (χ0) is 12.9. The van der Waals surface area contributed by atoms with Crippen LogP contribution in [0.2, 0.25) is 0 Å². The van der Waals surface area contributed by atoms with Crippen molar-refractivity contribution in [3.05, 3.63) is 35.4 Å². The lowest BCUT2D eigenvalue weighted by Gasteiger charge is -2.25. The van der Waals surface area contributed by atoms with Crippen molar-refractivity contribution in [3.8, 4) is 6.07 Å². The number of aliphatic hydroxyl groups excluding tert-OH is 2. The third kappa shape index (κ3) is 4.16. The molecule has 1 rings (SSSR count). The normalized spacial score (nSPS) is 13.1. The number of aliphatic hydroxyl groups is 2. The Labute approximate surface area is 102 Å². The summed E-state index contributed by atoms with van der Waals surface area (Å²) in [4.78, 5) is 0. The lowest BCUT2D eigenvalue weighted by atomic mass is 10.0. The molecular weight excluding hydrogens is 216 g/mol. The molecule has 0 aliphatic heterocycles. The van der Waals surface area contributed by atoms with Gasteiger partial charge in [0.15, 0.2) is 0 Å². The van der Waals surface area contributed by atoms with E-state index >= 15 is 0 Å². The number of nitrogens with one attached hydrogen (secondary N) is 1. The first-order chi connectivity index (χ1) is 7.98. The highest BCUT2D eigenvalue weighted by atomic mass is 16.3. The molecule has 0 saturated heterocycles. The molecule has 0 amide bonds. The van der Waals surface area contributed by atoms with E-state index in [1.807, 2.05) is 19.9 Å². The van der Waals surface area contributed by atoms with Crippen LogP contribution in [-0.4, -0.2) is 28.9 Å². The summed E-state index contributed by atoms with van der Waals surface area (Å²) in [6.07, 6.45) is -0.645. The van der Waals surface area contributed by atoms with Crippen LogP contribution >= 0.6 is 0 Å². The number of rotatable bonds is 5. The summed E-state index contributed by atoms with van der Waals surface area (Å²) in [5.41, 5.74) is 0.919. The maximum atomic E-state index is 9.92. The van der Waals surface area contributed by atoms with Crippen LogP contribution in [0.5, 0.6) is 0 Å². The Kier molecular flexibility index (Phi) is 4.64. The van der Waals surface area contributed by atoms with Crippen LogP contribution in [0.15, 0.2) is 24.3 Å². The molecule has 4 heteroatoms. The summed E-state index contributed by atoms with van der Waals surface area (Å²) in [5.74, 6) is 0. The van der Waals surface area contributed by atoms with Crippen molar-refractivity contribution in [2.45, 2.75) is 25.5 Å². The molecular formula is C13H18N2O2. The molecule has 92 valence electrons. The average Bonchev–Trinajstić information content (AvgIpc) is 2.36. The quantitative estimate of drug-likeness (QED) is 0.709. The topological polar surface area (TPSA) is 76.3 Å². The van der Waals surface area contributed by atoms with Crippen LogP contribution in [0, 0.1) is 11.3 Å². The van der Waals surface area contributed by atoms with Crippen LogP contribution in [-0.2, 0) is 0 Å². The summed E-state index contributed by atoms with van der Waals surface area (Å²) in [7, 11) is 0. The first-order valence-corrected chi connectivity index (χ1v) is 5.52. The van der Waals surface area contributed by atoms with Gasteiger partial charge in [-0.1, -0.05) is 12.1 Å². The molecule has 0 aromatic heterocycles. The fourth-order valence-electron chi connectivity index (χ4n) is 1.33. The maximum Gasteiger partial charge on any atom is 0.0991 e. The molecule has 0 aliphatic carbocycles. The Morgan fingerprint density at radius 2 is 1.94 bits per heavy atom. The van der Waals surface area contributed by atoms with Crippen molar-refractivity contribution in [1.29, 1.82) is 5.26 Å². The van der Waals surface area contributed by atoms with E-state index in [1.165, 1.54) is 0 Å². The highest BCUT2D eigenvalue weighted by molar-refractivity contribution is 5.32. The molecule has 1 aromatic rings. The number of nitriles is 1. The predicted molar refractivity (Wildman–Crippen MR) is 65.3 cm³/mol. The maximum absolute atomic E-state index is 9.92. The lowest BCUT2D eigenvalue weighted by molar-refractivity contribution is 0.136. The van der Waals surface area contributed by atoms with Crippen LogP contribution in [0.1, 0.15) is 31.1 Å². The molecule has 1 unspecified atom stereocenters. The number of hydrogen-bond acceptors (Lipinski definition) is 4. The molecule has 1 atom stereocenters. The molecule has 1 aromatic carbocycles. The summed E-state index contributed by atoms with van der Waals surface area (Å²) in [5, 5.41) is 30.7. The molecule has 3 N–H and O–H groups in total. The van der Waals surface area contributed by atoms with Gasteiger partial charge in [-0.25, -0.2) is 0 Å².